The minimum Gasteiger partial charge on any atom is -0.450 e. The second-order valence-electron chi connectivity index (χ2n) is 6.55. The molecular formula is C17H27N5O3. The van der Waals surface area contributed by atoms with Crippen LogP contribution in [0, 0.1) is 5.92 Å². The monoisotopic (exact) mass is 349 g/mol. The van der Waals surface area contributed by atoms with E-state index < -0.39 is 0 Å². The van der Waals surface area contributed by atoms with E-state index in [1.54, 1.807) is 24.0 Å². The summed E-state index contributed by atoms with van der Waals surface area (Å²) in [7, 11) is 0. The van der Waals surface area contributed by atoms with Crippen molar-refractivity contribution < 1.29 is 14.3 Å². The highest BCUT2D eigenvalue weighted by Crippen LogP contribution is 2.16. The molecule has 0 unspecified atom stereocenters. The van der Waals surface area contributed by atoms with Gasteiger partial charge in [0.15, 0.2) is 5.82 Å². The standard InChI is InChI=1S/C17H27N5O3/c1-4-25-17(24)22-9-7-13(8-10-22)18-14-5-6-15(21-20-14)19-16(23)11-12(2)3/h5-6,12-13H,4,7-11H2,1-3H3,(H,18,20)(H,19,21,23). The van der Waals surface area contributed by atoms with Crippen LogP contribution in [0.15, 0.2) is 12.1 Å². The number of hydrogen-bond acceptors (Lipinski definition) is 6. The molecule has 0 atom stereocenters. The maximum absolute atomic E-state index is 11.7. The first-order valence-electron chi connectivity index (χ1n) is 8.79. The molecule has 8 nitrogen and oxygen atoms in total. The normalized spacial score (nSPS) is 15.1. The fraction of sp³-hybridized carbons (Fsp3) is 0.647. The lowest BCUT2D eigenvalue weighted by molar-refractivity contribution is -0.116. The number of anilines is 2. The van der Waals surface area contributed by atoms with Crippen molar-refractivity contribution in [2.45, 2.75) is 46.1 Å². The van der Waals surface area contributed by atoms with E-state index in [9.17, 15) is 9.59 Å². The van der Waals surface area contributed by atoms with E-state index in [1.807, 2.05) is 13.8 Å². The summed E-state index contributed by atoms with van der Waals surface area (Å²) in [4.78, 5) is 25.1. The highest BCUT2D eigenvalue weighted by atomic mass is 16.6. The number of nitrogens with one attached hydrogen (secondary N) is 2. The van der Waals surface area contributed by atoms with Gasteiger partial charge in [0.05, 0.1) is 6.61 Å². The molecule has 1 aromatic rings. The maximum atomic E-state index is 11.7. The number of ether oxygens (including phenoxy) is 1. The Morgan fingerprint density at radius 3 is 2.44 bits per heavy atom. The first kappa shape index (κ1) is 19.0. The Bertz CT molecular complexity index is 568. The van der Waals surface area contributed by atoms with Gasteiger partial charge in [0, 0.05) is 25.6 Å². The quantitative estimate of drug-likeness (QED) is 0.819. The van der Waals surface area contributed by atoms with Crippen molar-refractivity contribution in [1.82, 2.24) is 15.1 Å². The predicted octanol–water partition coefficient (Wildman–Crippen LogP) is 2.49. The number of carbonyl (C=O) groups excluding carboxylic acids is 2. The molecule has 1 saturated heterocycles. The third kappa shape index (κ3) is 6.21. The molecular weight excluding hydrogens is 322 g/mol. The van der Waals surface area contributed by atoms with Crippen molar-refractivity contribution in [3.8, 4) is 0 Å². The largest absolute Gasteiger partial charge is 0.450 e. The Balaban J connectivity index is 1.78. The minimum absolute atomic E-state index is 0.0589. The van der Waals surface area contributed by atoms with Crippen molar-refractivity contribution in [2.24, 2.45) is 5.92 Å². The highest BCUT2D eigenvalue weighted by molar-refractivity contribution is 5.89. The molecule has 2 N–H and O–H groups in total. The van der Waals surface area contributed by atoms with Crippen molar-refractivity contribution in [1.29, 1.82) is 0 Å². The number of nitrogens with zero attached hydrogens (tertiary/aromatic N) is 3. The van der Waals surface area contributed by atoms with Crippen LogP contribution in [-0.2, 0) is 9.53 Å². The third-order valence-electron chi connectivity index (χ3n) is 3.90. The van der Waals surface area contributed by atoms with E-state index in [2.05, 4.69) is 20.8 Å². The molecule has 2 amide bonds. The number of amides is 2. The number of aromatic nitrogens is 2. The number of likely N-dealkylation sites (tertiary alicyclic amines) is 1. The minimum atomic E-state index is -0.248. The summed E-state index contributed by atoms with van der Waals surface area (Å²) < 4.78 is 5.01. The first-order valence-corrected chi connectivity index (χ1v) is 8.79. The number of piperidine rings is 1. The molecule has 25 heavy (non-hydrogen) atoms. The van der Waals surface area contributed by atoms with Crippen molar-refractivity contribution >= 4 is 23.6 Å². The van der Waals surface area contributed by atoms with E-state index in [1.165, 1.54) is 0 Å². The Kier molecular flexibility index (Phi) is 6.97. The Morgan fingerprint density at radius 2 is 1.88 bits per heavy atom. The number of carbonyl (C=O) groups is 2. The molecule has 1 fully saturated rings. The molecule has 0 saturated carbocycles. The van der Waals surface area contributed by atoms with Crippen LogP contribution in [0.1, 0.15) is 40.0 Å². The molecule has 138 valence electrons. The van der Waals surface area contributed by atoms with Crippen LogP contribution < -0.4 is 10.6 Å². The molecule has 2 heterocycles. The first-order chi connectivity index (χ1) is 12.0. The second kappa shape index (κ2) is 9.19. The van der Waals surface area contributed by atoms with Gasteiger partial charge in [-0.05, 0) is 37.8 Å². The van der Waals surface area contributed by atoms with Crippen LogP contribution in [0.4, 0.5) is 16.4 Å². The van der Waals surface area contributed by atoms with Gasteiger partial charge >= 0.3 is 6.09 Å². The fourth-order valence-corrected chi connectivity index (χ4v) is 2.67. The Hall–Kier alpha value is -2.38. The highest BCUT2D eigenvalue weighted by Gasteiger charge is 2.23. The average molecular weight is 349 g/mol. The molecule has 1 aromatic heterocycles. The lowest BCUT2D eigenvalue weighted by atomic mass is 10.1. The molecule has 0 spiro atoms. The summed E-state index contributed by atoms with van der Waals surface area (Å²) in [5, 5.41) is 14.2. The summed E-state index contributed by atoms with van der Waals surface area (Å²) in [6.07, 6.45) is 1.86. The molecule has 0 aromatic carbocycles. The maximum Gasteiger partial charge on any atom is 0.409 e. The van der Waals surface area contributed by atoms with E-state index >= 15 is 0 Å². The summed E-state index contributed by atoms with van der Waals surface area (Å²) in [6, 6.07) is 3.78. The van der Waals surface area contributed by atoms with Crippen LogP contribution in [0.5, 0.6) is 0 Å². The van der Waals surface area contributed by atoms with Gasteiger partial charge in [-0.15, -0.1) is 10.2 Å². The van der Waals surface area contributed by atoms with E-state index in [4.69, 9.17) is 4.74 Å². The van der Waals surface area contributed by atoms with Crippen molar-refractivity contribution in [3.63, 3.8) is 0 Å². The van der Waals surface area contributed by atoms with Gasteiger partial charge in [-0.3, -0.25) is 4.79 Å². The summed E-state index contributed by atoms with van der Waals surface area (Å²) in [6.45, 7) is 7.50. The number of rotatable bonds is 6. The summed E-state index contributed by atoms with van der Waals surface area (Å²) >= 11 is 0. The van der Waals surface area contributed by atoms with Gasteiger partial charge in [0.1, 0.15) is 5.82 Å². The van der Waals surface area contributed by atoms with Gasteiger partial charge in [-0.1, -0.05) is 13.8 Å². The van der Waals surface area contributed by atoms with Crippen molar-refractivity contribution in [2.75, 3.05) is 30.3 Å². The van der Waals surface area contributed by atoms with Gasteiger partial charge < -0.3 is 20.3 Å². The lowest BCUT2D eigenvalue weighted by Gasteiger charge is -2.31. The Labute approximate surface area is 148 Å². The van der Waals surface area contributed by atoms with Crippen LogP contribution in [0.2, 0.25) is 0 Å². The predicted molar refractivity (Wildman–Crippen MR) is 95.4 cm³/mol. The average Bonchev–Trinajstić information content (AvgIpc) is 2.57. The van der Waals surface area contributed by atoms with E-state index in [-0.39, 0.29) is 18.0 Å². The van der Waals surface area contributed by atoms with Crippen LogP contribution in [-0.4, -0.2) is 52.8 Å². The molecule has 0 bridgehead atoms. The lowest BCUT2D eigenvalue weighted by Crippen LogP contribution is -2.42. The zero-order valence-corrected chi connectivity index (χ0v) is 15.1. The van der Waals surface area contributed by atoms with Gasteiger partial charge in [0.25, 0.3) is 0 Å². The molecule has 1 aliphatic rings. The molecule has 1 aliphatic heterocycles. The summed E-state index contributed by atoms with van der Waals surface area (Å²) in [5.74, 6) is 1.36. The molecule has 8 heteroatoms. The van der Waals surface area contributed by atoms with Gasteiger partial charge in [-0.2, -0.15) is 0 Å². The third-order valence-corrected chi connectivity index (χ3v) is 3.90. The number of hydrogen-bond donors (Lipinski definition) is 2. The SMILES string of the molecule is CCOC(=O)N1CCC(Nc2ccc(NC(=O)CC(C)C)nn2)CC1. The summed E-state index contributed by atoms with van der Waals surface area (Å²) in [5.41, 5.74) is 0. The van der Waals surface area contributed by atoms with Crippen LogP contribution in [0.3, 0.4) is 0 Å². The topological polar surface area (TPSA) is 96.5 Å². The van der Waals surface area contributed by atoms with E-state index in [0.717, 1.165) is 12.8 Å². The Morgan fingerprint density at radius 1 is 1.24 bits per heavy atom. The van der Waals surface area contributed by atoms with Crippen molar-refractivity contribution in [3.05, 3.63) is 12.1 Å². The van der Waals surface area contributed by atoms with E-state index in [0.29, 0.717) is 43.7 Å². The molecule has 0 radical (unpaired) electrons. The second-order valence-corrected chi connectivity index (χ2v) is 6.55. The smallest absolute Gasteiger partial charge is 0.409 e. The molecule has 2 rings (SSSR count). The van der Waals surface area contributed by atoms with Crippen LogP contribution in [0.25, 0.3) is 0 Å². The zero-order chi connectivity index (χ0) is 18.2. The fourth-order valence-electron chi connectivity index (χ4n) is 2.67. The van der Waals surface area contributed by atoms with Crippen LogP contribution >= 0.6 is 0 Å². The van der Waals surface area contributed by atoms with Gasteiger partial charge in [-0.25, -0.2) is 4.79 Å². The zero-order valence-electron chi connectivity index (χ0n) is 15.1. The molecule has 0 aliphatic carbocycles. The van der Waals surface area contributed by atoms with Gasteiger partial charge in [0.2, 0.25) is 5.91 Å².